The van der Waals surface area contributed by atoms with Crippen molar-refractivity contribution in [2.75, 3.05) is 19.1 Å². The molecule has 0 saturated carbocycles. The van der Waals surface area contributed by atoms with Crippen molar-refractivity contribution in [3.05, 3.63) is 24.3 Å². The van der Waals surface area contributed by atoms with Gasteiger partial charge in [0.2, 0.25) is 4.62 Å². The van der Waals surface area contributed by atoms with Crippen molar-refractivity contribution in [1.82, 2.24) is 0 Å². The zero-order chi connectivity index (χ0) is 12.7. The summed E-state index contributed by atoms with van der Waals surface area (Å²) in [5.74, 6) is 0.248. The highest BCUT2D eigenvalue weighted by atomic mass is 79.9. The lowest BCUT2D eigenvalue weighted by Crippen LogP contribution is -2.12. The van der Waals surface area contributed by atoms with Crippen LogP contribution in [0.4, 0.5) is 5.69 Å². The zero-order valence-corrected chi connectivity index (χ0v) is 11.2. The van der Waals surface area contributed by atoms with Gasteiger partial charge >= 0.3 is 5.97 Å². The van der Waals surface area contributed by atoms with Gasteiger partial charge < -0.3 is 9.47 Å². The lowest BCUT2D eigenvalue weighted by Gasteiger charge is -2.03. The number of nitrogens with zero attached hydrogens (tertiary/aromatic N) is 1. The van der Waals surface area contributed by atoms with Crippen molar-refractivity contribution >= 4 is 32.2 Å². The highest BCUT2D eigenvalue weighted by molar-refractivity contribution is 9.19. The molecule has 0 aliphatic rings. The van der Waals surface area contributed by atoms with E-state index in [0.717, 1.165) is 11.4 Å². The Morgan fingerprint density at radius 2 is 2.06 bits per heavy atom. The van der Waals surface area contributed by atoms with Gasteiger partial charge in [0.05, 0.1) is 19.4 Å². The van der Waals surface area contributed by atoms with Crippen LogP contribution in [0.15, 0.2) is 29.4 Å². The third kappa shape index (κ3) is 4.44. The second-order valence-electron chi connectivity index (χ2n) is 2.96. The summed E-state index contributed by atoms with van der Waals surface area (Å²) in [5.41, 5.74) is 3.46. The number of hydrogen-bond donors (Lipinski definition) is 1. The lowest BCUT2D eigenvalue weighted by molar-refractivity contribution is -0.134. The molecule has 17 heavy (non-hydrogen) atoms. The van der Waals surface area contributed by atoms with Crippen LogP contribution < -0.4 is 10.2 Å². The molecule has 5 nitrogen and oxygen atoms in total. The second kappa shape index (κ2) is 6.90. The Hall–Kier alpha value is -1.56. The standard InChI is InChI=1S/C11H13BrN2O3/c1-3-17-11(15)10(12)14-13-8-4-6-9(16-2)7-5-8/h4-7,13H,3H2,1-2H3. The molecule has 1 aromatic carbocycles. The number of carbonyl (C=O) groups excluding carboxylic acids is 1. The molecule has 0 saturated heterocycles. The largest absolute Gasteiger partial charge is 0.497 e. The minimum atomic E-state index is -0.506. The first-order valence-electron chi connectivity index (χ1n) is 4.97. The highest BCUT2D eigenvalue weighted by Crippen LogP contribution is 2.15. The van der Waals surface area contributed by atoms with Gasteiger partial charge in [-0.25, -0.2) is 4.79 Å². The SMILES string of the molecule is CCOC(=O)C(Br)=NNc1ccc(OC)cc1. The summed E-state index contributed by atoms with van der Waals surface area (Å²) in [7, 11) is 1.60. The fourth-order valence-electron chi connectivity index (χ4n) is 1.02. The predicted octanol–water partition coefficient (Wildman–Crippen LogP) is 2.38. The van der Waals surface area contributed by atoms with Crippen LogP contribution in [0.3, 0.4) is 0 Å². The van der Waals surface area contributed by atoms with E-state index >= 15 is 0 Å². The Morgan fingerprint density at radius 1 is 1.41 bits per heavy atom. The lowest BCUT2D eigenvalue weighted by atomic mass is 10.3. The van der Waals surface area contributed by atoms with Gasteiger partial charge in [-0.15, -0.1) is 0 Å². The minimum absolute atomic E-state index is 0.0927. The predicted molar refractivity (Wildman–Crippen MR) is 69.6 cm³/mol. The quantitative estimate of drug-likeness (QED) is 0.515. The summed E-state index contributed by atoms with van der Waals surface area (Å²) in [6.45, 7) is 2.04. The van der Waals surface area contributed by atoms with E-state index in [9.17, 15) is 4.79 Å². The summed E-state index contributed by atoms with van der Waals surface area (Å²) in [6.07, 6.45) is 0. The fraction of sp³-hybridized carbons (Fsp3) is 0.273. The molecule has 0 aromatic heterocycles. The zero-order valence-electron chi connectivity index (χ0n) is 9.57. The van der Waals surface area contributed by atoms with Crippen LogP contribution in [-0.2, 0) is 9.53 Å². The van der Waals surface area contributed by atoms with Gasteiger partial charge in [0.15, 0.2) is 0 Å². The van der Waals surface area contributed by atoms with Crippen molar-refractivity contribution in [1.29, 1.82) is 0 Å². The number of esters is 1. The number of ether oxygens (including phenoxy) is 2. The van der Waals surface area contributed by atoms with Crippen molar-refractivity contribution in [3.63, 3.8) is 0 Å². The number of nitrogens with one attached hydrogen (secondary N) is 1. The maximum absolute atomic E-state index is 11.2. The number of methoxy groups -OCH3 is 1. The molecule has 0 radical (unpaired) electrons. The molecule has 0 atom stereocenters. The van der Waals surface area contributed by atoms with E-state index in [1.807, 2.05) is 0 Å². The molecule has 1 N–H and O–H groups in total. The Bertz CT molecular complexity index is 404. The van der Waals surface area contributed by atoms with Gasteiger partial charge in [-0.05, 0) is 47.1 Å². The summed E-state index contributed by atoms with van der Waals surface area (Å²) in [6, 6.07) is 7.15. The monoisotopic (exact) mass is 300 g/mol. The molecular formula is C11H13BrN2O3. The van der Waals surface area contributed by atoms with Gasteiger partial charge in [-0.3, -0.25) is 5.43 Å². The smallest absolute Gasteiger partial charge is 0.366 e. The van der Waals surface area contributed by atoms with Crippen LogP contribution in [0.25, 0.3) is 0 Å². The van der Waals surface area contributed by atoms with E-state index in [-0.39, 0.29) is 4.62 Å². The highest BCUT2D eigenvalue weighted by Gasteiger charge is 2.07. The Kier molecular flexibility index (Phi) is 5.48. The molecule has 1 aromatic rings. The van der Waals surface area contributed by atoms with Crippen molar-refractivity contribution in [2.45, 2.75) is 6.92 Å². The topological polar surface area (TPSA) is 59.9 Å². The number of hydrogen-bond acceptors (Lipinski definition) is 5. The van der Waals surface area contributed by atoms with Crippen LogP contribution in [0.1, 0.15) is 6.92 Å². The van der Waals surface area contributed by atoms with E-state index in [1.165, 1.54) is 0 Å². The summed E-state index contributed by atoms with van der Waals surface area (Å²) in [5, 5.41) is 3.84. The maximum Gasteiger partial charge on any atom is 0.366 e. The van der Waals surface area contributed by atoms with Gasteiger partial charge in [-0.2, -0.15) is 5.10 Å². The summed E-state index contributed by atoms with van der Waals surface area (Å²) >= 11 is 3.02. The number of hydrazone groups is 1. The van der Waals surface area contributed by atoms with Crippen molar-refractivity contribution < 1.29 is 14.3 Å². The van der Waals surface area contributed by atoms with E-state index < -0.39 is 5.97 Å². The molecule has 0 amide bonds. The molecule has 0 unspecified atom stereocenters. The average Bonchev–Trinajstić information content (AvgIpc) is 2.36. The summed E-state index contributed by atoms with van der Waals surface area (Å²) < 4.78 is 9.86. The van der Waals surface area contributed by atoms with E-state index in [1.54, 1.807) is 38.3 Å². The van der Waals surface area contributed by atoms with Crippen LogP contribution in [0.2, 0.25) is 0 Å². The van der Waals surface area contributed by atoms with Crippen molar-refractivity contribution in [3.8, 4) is 5.75 Å². The Morgan fingerprint density at radius 3 is 2.59 bits per heavy atom. The van der Waals surface area contributed by atoms with Crippen molar-refractivity contribution in [2.24, 2.45) is 5.10 Å². The molecule has 1 rings (SSSR count). The molecule has 6 heteroatoms. The van der Waals surface area contributed by atoms with Crippen LogP contribution in [0, 0.1) is 0 Å². The molecule has 0 aliphatic heterocycles. The third-order valence-corrected chi connectivity index (χ3v) is 2.32. The number of benzene rings is 1. The first kappa shape index (κ1) is 13.5. The van der Waals surface area contributed by atoms with Crippen LogP contribution >= 0.6 is 15.9 Å². The normalized spacial score (nSPS) is 10.9. The Balaban J connectivity index is 2.59. The summed E-state index contributed by atoms with van der Waals surface area (Å²) in [4.78, 5) is 11.2. The average molecular weight is 301 g/mol. The first-order chi connectivity index (χ1) is 8.17. The molecule has 92 valence electrons. The molecule has 0 spiro atoms. The van der Waals surface area contributed by atoms with Gasteiger partial charge in [-0.1, -0.05) is 0 Å². The Labute approximate surface area is 108 Å². The molecule has 0 aliphatic carbocycles. The second-order valence-corrected chi connectivity index (χ2v) is 3.71. The van der Waals surface area contributed by atoms with Crippen LogP contribution in [-0.4, -0.2) is 24.3 Å². The molecule has 0 heterocycles. The van der Waals surface area contributed by atoms with Gasteiger partial charge in [0.25, 0.3) is 0 Å². The third-order valence-electron chi connectivity index (χ3n) is 1.82. The number of anilines is 1. The molecular weight excluding hydrogens is 288 g/mol. The van der Waals surface area contributed by atoms with Gasteiger partial charge in [0, 0.05) is 0 Å². The van der Waals surface area contributed by atoms with Gasteiger partial charge in [0.1, 0.15) is 5.75 Å². The number of carbonyl (C=O) groups is 1. The molecule has 0 bridgehead atoms. The molecule has 0 fully saturated rings. The van der Waals surface area contributed by atoms with E-state index in [0.29, 0.717) is 6.61 Å². The maximum atomic E-state index is 11.2. The van der Waals surface area contributed by atoms with Crippen LogP contribution in [0.5, 0.6) is 5.75 Å². The first-order valence-corrected chi connectivity index (χ1v) is 5.77. The fourth-order valence-corrected chi connectivity index (χ4v) is 1.22. The minimum Gasteiger partial charge on any atom is -0.497 e. The number of rotatable bonds is 5. The number of halogens is 1. The van der Waals surface area contributed by atoms with E-state index in [2.05, 4.69) is 26.5 Å². The van der Waals surface area contributed by atoms with E-state index in [4.69, 9.17) is 9.47 Å².